The maximum atomic E-state index is 13.2. The number of ether oxygens (including phenoxy) is 1. The molecule has 0 fully saturated rings. The number of halogens is 1. The van der Waals surface area contributed by atoms with Gasteiger partial charge in [0.05, 0.1) is 17.2 Å². The molecule has 0 aromatic heterocycles. The van der Waals surface area contributed by atoms with Crippen molar-refractivity contribution in [2.75, 3.05) is 18.0 Å². The molecule has 1 amide bonds. The summed E-state index contributed by atoms with van der Waals surface area (Å²) >= 11 is 3.37. The highest BCUT2D eigenvalue weighted by molar-refractivity contribution is 9.10. The maximum absolute atomic E-state index is 13.2. The Morgan fingerprint density at radius 3 is 2.63 bits per heavy atom. The second-order valence-electron chi connectivity index (χ2n) is 6.56. The number of non-ortho nitro benzene ring substituents is 1. The molecule has 0 aliphatic carbocycles. The molecule has 0 saturated heterocycles. The van der Waals surface area contributed by atoms with E-state index >= 15 is 0 Å². The Morgan fingerprint density at radius 1 is 1.26 bits per heavy atom. The van der Waals surface area contributed by atoms with E-state index in [0.29, 0.717) is 30.1 Å². The van der Waals surface area contributed by atoms with Crippen molar-refractivity contribution in [3.63, 3.8) is 0 Å². The third-order valence-electron chi connectivity index (χ3n) is 4.14. The predicted octanol–water partition coefficient (Wildman–Crippen LogP) is 3.98. The molecule has 7 nitrogen and oxygen atoms in total. The van der Waals surface area contributed by atoms with Crippen LogP contribution in [0.25, 0.3) is 0 Å². The van der Waals surface area contributed by atoms with Gasteiger partial charge in [-0.1, -0.05) is 15.9 Å². The van der Waals surface area contributed by atoms with Crippen LogP contribution in [0.3, 0.4) is 0 Å². The number of hydrogen-bond donors (Lipinski definition) is 0. The quantitative estimate of drug-likeness (QED) is 0.541. The third kappa shape index (κ3) is 4.16. The molecule has 8 heteroatoms. The molecule has 3 rings (SSSR count). The first-order chi connectivity index (χ1) is 12.8. The van der Waals surface area contributed by atoms with Crippen molar-refractivity contribution < 1.29 is 14.5 Å². The van der Waals surface area contributed by atoms with Gasteiger partial charge in [0, 0.05) is 34.9 Å². The summed E-state index contributed by atoms with van der Waals surface area (Å²) in [6.45, 7) is 4.18. The number of aliphatic imine (C=N–C) groups is 1. The maximum Gasteiger partial charge on any atom is 0.270 e. The molecule has 0 saturated carbocycles. The van der Waals surface area contributed by atoms with E-state index in [1.54, 1.807) is 43.2 Å². The van der Waals surface area contributed by atoms with Gasteiger partial charge in [0.2, 0.25) is 0 Å². The number of fused-ring (bicyclic) bond motifs is 1. The zero-order valence-corrected chi connectivity index (χ0v) is 16.5. The molecule has 2 aromatic rings. The Kier molecular flexibility index (Phi) is 5.27. The van der Waals surface area contributed by atoms with Crippen molar-refractivity contribution in [2.24, 2.45) is 4.99 Å². The lowest BCUT2D eigenvalue weighted by molar-refractivity contribution is -0.384. The van der Waals surface area contributed by atoms with Crippen molar-refractivity contribution >= 4 is 39.4 Å². The molecule has 0 radical (unpaired) electrons. The summed E-state index contributed by atoms with van der Waals surface area (Å²) in [5.74, 6) is 0.331. The molecule has 0 unspecified atom stereocenters. The fraction of sp³-hybridized carbons (Fsp3) is 0.263. The van der Waals surface area contributed by atoms with E-state index < -0.39 is 10.5 Å². The van der Waals surface area contributed by atoms with Crippen LogP contribution >= 0.6 is 15.9 Å². The zero-order chi connectivity index (χ0) is 19.6. The molecule has 0 bridgehead atoms. The molecule has 27 heavy (non-hydrogen) atoms. The molecular formula is C19H18BrN3O4. The van der Waals surface area contributed by atoms with Crippen LogP contribution in [-0.4, -0.2) is 35.7 Å². The second kappa shape index (κ2) is 7.48. The number of hydrogen-bond acceptors (Lipinski definition) is 5. The van der Waals surface area contributed by atoms with E-state index in [1.807, 2.05) is 12.1 Å². The van der Waals surface area contributed by atoms with Gasteiger partial charge in [-0.15, -0.1) is 0 Å². The molecule has 0 atom stereocenters. The Hall–Kier alpha value is -2.74. The summed E-state index contributed by atoms with van der Waals surface area (Å²) in [5, 5.41) is 11.0. The smallest absolute Gasteiger partial charge is 0.270 e. The summed E-state index contributed by atoms with van der Waals surface area (Å²) < 4.78 is 6.84. The molecule has 1 heterocycles. The van der Waals surface area contributed by atoms with Crippen LogP contribution < -0.4 is 9.64 Å². The number of carbonyl (C=O) groups excluding carboxylic acids is 1. The van der Waals surface area contributed by atoms with Gasteiger partial charge in [0.15, 0.2) is 5.60 Å². The van der Waals surface area contributed by atoms with Gasteiger partial charge in [0.25, 0.3) is 11.6 Å². The number of nitro groups is 1. The molecule has 140 valence electrons. The van der Waals surface area contributed by atoms with Crippen molar-refractivity contribution in [3.8, 4) is 5.75 Å². The average Bonchev–Trinajstić information content (AvgIpc) is 2.84. The highest BCUT2D eigenvalue weighted by Gasteiger charge is 2.36. The van der Waals surface area contributed by atoms with Crippen LogP contribution in [0.4, 0.5) is 11.4 Å². The lowest BCUT2D eigenvalue weighted by Gasteiger charge is -2.32. The summed E-state index contributed by atoms with van der Waals surface area (Å²) in [5.41, 5.74) is -0.0503. The van der Waals surface area contributed by atoms with Gasteiger partial charge in [0.1, 0.15) is 5.75 Å². The van der Waals surface area contributed by atoms with Gasteiger partial charge in [-0.25, -0.2) is 0 Å². The summed E-state index contributed by atoms with van der Waals surface area (Å²) in [6.07, 6.45) is 1.57. The summed E-state index contributed by atoms with van der Waals surface area (Å²) in [6, 6.07) is 11.6. The number of benzene rings is 2. The van der Waals surface area contributed by atoms with Crippen LogP contribution in [-0.2, 0) is 4.79 Å². The number of nitrogens with zero attached hydrogens (tertiary/aromatic N) is 3. The van der Waals surface area contributed by atoms with Gasteiger partial charge < -0.3 is 9.64 Å². The van der Waals surface area contributed by atoms with Gasteiger partial charge in [-0.05, 0) is 44.2 Å². The fourth-order valence-corrected chi connectivity index (χ4v) is 3.09. The van der Waals surface area contributed by atoms with Gasteiger partial charge >= 0.3 is 0 Å². The minimum absolute atomic E-state index is 0.0418. The van der Waals surface area contributed by atoms with E-state index in [4.69, 9.17) is 4.74 Å². The minimum atomic E-state index is -1.13. The summed E-state index contributed by atoms with van der Waals surface area (Å²) in [7, 11) is 0. The number of amides is 1. The molecular weight excluding hydrogens is 414 g/mol. The van der Waals surface area contributed by atoms with E-state index in [1.165, 1.54) is 12.1 Å². The highest BCUT2D eigenvalue weighted by Crippen LogP contribution is 2.29. The number of carbonyl (C=O) groups is 1. The van der Waals surface area contributed by atoms with Gasteiger partial charge in [-0.2, -0.15) is 0 Å². The number of anilines is 1. The van der Waals surface area contributed by atoms with Crippen molar-refractivity contribution in [3.05, 3.63) is 62.6 Å². The van der Waals surface area contributed by atoms with Crippen LogP contribution in [0.5, 0.6) is 5.75 Å². The molecule has 0 spiro atoms. The SMILES string of the molecule is CC(C)(Oc1ccc(Br)cc1)C(=O)N1CCN=Cc2cc([N+](=O)[O-])ccc21. The van der Waals surface area contributed by atoms with E-state index in [2.05, 4.69) is 20.9 Å². The highest BCUT2D eigenvalue weighted by atomic mass is 79.9. The zero-order valence-electron chi connectivity index (χ0n) is 14.9. The van der Waals surface area contributed by atoms with E-state index in [0.717, 1.165) is 4.47 Å². The Morgan fingerprint density at radius 2 is 1.96 bits per heavy atom. The number of rotatable bonds is 4. The second-order valence-corrected chi connectivity index (χ2v) is 7.47. The normalized spacial score (nSPS) is 13.7. The van der Waals surface area contributed by atoms with Crippen molar-refractivity contribution in [1.29, 1.82) is 0 Å². The lowest BCUT2D eigenvalue weighted by atomic mass is 10.1. The Labute approximate surface area is 164 Å². The number of nitro benzene ring substituents is 1. The van der Waals surface area contributed by atoms with Crippen LogP contribution in [0.2, 0.25) is 0 Å². The minimum Gasteiger partial charge on any atom is -0.478 e. The van der Waals surface area contributed by atoms with Crippen LogP contribution in [0.15, 0.2) is 51.9 Å². The van der Waals surface area contributed by atoms with Crippen LogP contribution in [0.1, 0.15) is 19.4 Å². The standard InChI is InChI=1S/C19H18BrN3O4/c1-19(2,27-16-6-3-14(20)4-7-16)18(24)22-10-9-21-12-13-11-15(23(25)26)5-8-17(13)22/h3-8,11-12H,9-10H2,1-2H3. The predicted molar refractivity (Wildman–Crippen MR) is 107 cm³/mol. The monoisotopic (exact) mass is 431 g/mol. The van der Waals surface area contributed by atoms with E-state index in [-0.39, 0.29) is 11.6 Å². The van der Waals surface area contributed by atoms with E-state index in [9.17, 15) is 14.9 Å². The largest absolute Gasteiger partial charge is 0.478 e. The van der Waals surface area contributed by atoms with Gasteiger partial charge in [-0.3, -0.25) is 19.9 Å². The number of benzodiazepines with no additional fused rings is 1. The molecule has 2 aromatic carbocycles. The molecule has 1 aliphatic rings. The van der Waals surface area contributed by atoms with Crippen molar-refractivity contribution in [1.82, 2.24) is 0 Å². The van der Waals surface area contributed by atoms with Crippen molar-refractivity contribution in [2.45, 2.75) is 19.4 Å². The van der Waals surface area contributed by atoms with Crippen LogP contribution in [0, 0.1) is 10.1 Å². The first-order valence-corrected chi connectivity index (χ1v) is 9.12. The lowest BCUT2D eigenvalue weighted by Crippen LogP contribution is -2.50. The first kappa shape index (κ1) is 19.0. The Bertz CT molecular complexity index is 910. The average molecular weight is 432 g/mol. The first-order valence-electron chi connectivity index (χ1n) is 8.33. The summed E-state index contributed by atoms with van der Waals surface area (Å²) in [4.78, 5) is 29.6. The molecule has 1 aliphatic heterocycles. The third-order valence-corrected chi connectivity index (χ3v) is 4.67. The molecule has 0 N–H and O–H groups in total. The fourth-order valence-electron chi connectivity index (χ4n) is 2.82. The topological polar surface area (TPSA) is 85.0 Å². The Balaban J connectivity index is 1.90.